The average molecular weight is 548 g/mol. The number of halogens is 2. The summed E-state index contributed by atoms with van der Waals surface area (Å²) in [4.78, 5) is 3.98. The van der Waals surface area contributed by atoms with E-state index < -0.39 is 11.2 Å². The molecule has 0 bridgehead atoms. The second-order valence-electron chi connectivity index (χ2n) is 9.26. The van der Waals surface area contributed by atoms with E-state index in [4.69, 9.17) is 9.47 Å². The first-order valence-electron chi connectivity index (χ1n) is 12.3. The predicted molar refractivity (Wildman–Crippen MR) is 146 cm³/mol. The highest BCUT2D eigenvalue weighted by Gasteiger charge is 2.31. The van der Waals surface area contributed by atoms with E-state index in [9.17, 15) is 8.78 Å². The quantitative estimate of drug-likeness (QED) is 0.152. The molecular formula is C29H27F2N5O2S. The minimum absolute atomic E-state index is 0.166. The van der Waals surface area contributed by atoms with Crippen molar-refractivity contribution < 1.29 is 18.3 Å². The van der Waals surface area contributed by atoms with E-state index in [1.165, 1.54) is 30.0 Å². The zero-order valence-electron chi connectivity index (χ0n) is 21.7. The third-order valence-corrected chi connectivity index (χ3v) is 7.25. The summed E-state index contributed by atoms with van der Waals surface area (Å²) < 4.78 is 43.2. The summed E-state index contributed by atoms with van der Waals surface area (Å²) in [6.45, 7) is 4.36. The number of rotatable bonds is 10. The van der Waals surface area contributed by atoms with Crippen molar-refractivity contribution in [3.63, 3.8) is 0 Å². The fourth-order valence-electron chi connectivity index (χ4n) is 4.20. The number of nitrogens with zero attached hydrogens (tertiary/aromatic N) is 5. The molecule has 0 amide bonds. The second kappa shape index (κ2) is 11.3. The summed E-state index contributed by atoms with van der Waals surface area (Å²) in [5.74, 6) is 1.30. The van der Waals surface area contributed by atoms with Crippen LogP contribution in [0.1, 0.15) is 25.2 Å². The van der Waals surface area contributed by atoms with Crippen LogP contribution in [0, 0.1) is 11.6 Å². The van der Waals surface area contributed by atoms with Gasteiger partial charge in [-0.05, 0) is 67.9 Å². The van der Waals surface area contributed by atoms with Crippen molar-refractivity contribution in [2.45, 2.75) is 24.4 Å². The molecule has 10 heteroatoms. The molecule has 200 valence electrons. The van der Waals surface area contributed by atoms with Gasteiger partial charge in [0.2, 0.25) is 0 Å². The van der Waals surface area contributed by atoms with Crippen LogP contribution < -0.4 is 9.47 Å². The van der Waals surface area contributed by atoms with Crippen LogP contribution in [0.5, 0.6) is 11.5 Å². The SMILES string of the molecule is COc1cccc(C(C)(C)c2nnc(SCCOc3ccc(-n4ccnc4)cc3F)n2-c2ccc(F)cc2)c1. The summed E-state index contributed by atoms with van der Waals surface area (Å²) >= 11 is 1.42. The molecule has 2 heterocycles. The summed E-state index contributed by atoms with van der Waals surface area (Å²) in [5, 5.41) is 9.63. The zero-order chi connectivity index (χ0) is 27.4. The zero-order valence-corrected chi connectivity index (χ0v) is 22.5. The molecule has 39 heavy (non-hydrogen) atoms. The molecule has 2 aromatic heterocycles. The number of hydrogen-bond donors (Lipinski definition) is 0. The van der Waals surface area contributed by atoms with Gasteiger partial charge < -0.3 is 14.0 Å². The molecule has 3 aromatic carbocycles. The van der Waals surface area contributed by atoms with E-state index in [0.29, 0.717) is 22.4 Å². The van der Waals surface area contributed by atoms with Gasteiger partial charge in [-0.1, -0.05) is 23.9 Å². The Hall–Kier alpha value is -4.18. The number of hydrogen-bond acceptors (Lipinski definition) is 6. The highest BCUT2D eigenvalue weighted by molar-refractivity contribution is 7.99. The van der Waals surface area contributed by atoms with Gasteiger partial charge in [-0.2, -0.15) is 0 Å². The van der Waals surface area contributed by atoms with Crippen molar-refractivity contribution >= 4 is 11.8 Å². The largest absolute Gasteiger partial charge is 0.497 e. The van der Waals surface area contributed by atoms with Gasteiger partial charge in [0, 0.05) is 35.6 Å². The third-order valence-electron chi connectivity index (χ3n) is 6.36. The first-order chi connectivity index (χ1) is 18.9. The summed E-state index contributed by atoms with van der Waals surface area (Å²) in [5.41, 5.74) is 1.83. The number of methoxy groups -OCH3 is 1. The molecule has 0 aliphatic rings. The lowest BCUT2D eigenvalue weighted by Gasteiger charge is -2.26. The molecule has 0 fully saturated rings. The van der Waals surface area contributed by atoms with E-state index in [0.717, 1.165) is 17.0 Å². The average Bonchev–Trinajstić information content (AvgIpc) is 3.63. The van der Waals surface area contributed by atoms with Gasteiger partial charge in [0.25, 0.3) is 0 Å². The van der Waals surface area contributed by atoms with Crippen LogP contribution in [0.2, 0.25) is 0 Å². The Morgan fingerprint density at radius 3 is 2.46 bits per heavy atom. The minimum Gasteiger partial charge on any atom is -0.497 e. The molecule has 0 spiro atoms. The standard InChI is InChI=1S/C29H27F2N5O2S/c1-29(2,20-5-4-6-24(17-20)37-3)27-33-34-28(36(27)22-9-7-21(30)8-10-22)39-16-15-38-26-12-11-23(18-25(26)31)35-14-13-32-19-35/h4-14,17-19H,15-16H2,1-3H3. The fourth-order valence-corrected chi connectivity index (χ4v) is 4.96. The van der Waals surface area contributed by atoms with E-state index in [1.54, 1.807) is 54.7 Å². The van der Waals surface area contributed by atoms with Gasteiger partial charge in [-0.25, -0.2) is 13.8 Å². The van der Waals surface area contributed by atoms with E-state index >= 15 is 0 Å². The lowest BCUT2D eigenvalue weighted by atomic mass is 9.83. The van der Waals surface area contributed by atoms with Crippen LogP contribution in [-0.2, 0) is 5.41 Å². The Morgan fingerprint density at radius 2 is 1.74 bits per heavy atom. The molecule has 0 aliphatic carbocycles. The molecule has 0 radical (unpaired) electrons. The number of ether oxygens (including phenoxy) is 2. The lowest BCUT2D eigenvalue weighted by molar-refractivity contribution is 0.324. The Kier molecular flexibility index (Phi) is 7.65. The number of thioether (sulfide) groups is 1. The fraction of sp³-hybridized carbons (Fsp3) is 0.207. The Balaban J connectivity index is 1.36. The molecule has 5 aromatic rings. The molecule has 0 saturated carbocycles. The molecule has 0 atom stereocenters. The van der Waals surface area contributed by atoms with Gasteiger partial charge in [0.1, 0.15) is 17.4 Å². The normalized spacial score (nSPS) is 11.5. The van der Waals surface area contributed by atoms with E-state index in [2.05, 4.69) is 29.0 Å². The van der Waals surface area contributed by atoms with Gasteiger partial charge in [-0.3, -0.25) is 4.57 Å². The first kappa shape index (κ1) is 26.4. The van der Waals surface area contributed by atoms with Crippen LogP contribution in [-0.4, -0.2) is 43.8 Å². The maximum atomic E-state index is 14.6. The van der Waals surface area contributed by atoms with Gasteiger partial charge in [-0.15, -0.1) is 10.2 Å². The molecule has 0 aliphatic heterocycles. The smallest absolute Gasteiger partial charge is 0.195 e. The van der Waals surface area contributed by atoms with Crippen LogP contribution in [0.3, 0.4) is 0 Å². The lowest BCUT2D eigenvalue weighted by Crippen LogP contribution is -2.24. The Labute approximate surface area is 229 Å². The third kappa shape index (κ3) is 5.65. The Morgan fingerprint density at radius 1 is 0.949 bits per heavy atom. The Bertz CT molecular complexity index is 1550. The van der Waals surface area contributed by atoms with E-state index in [1.807, 2.05) is 28.8 Å². The number of benzene rings is 3. The maximum absolute atomic E-state index is 14.6. The van der Waals surface area contributed by atoms with Crippen LogP contribution in [0.15, 0.2) is 90.6 Å². The number of aromatic nitrogens is 5. The molecule has 0 saturated heterocycles. The van der Waals surface area contributed by atoms with Crippen molar-refractivity contribution in [1.29, 1.82) is 0 Å². The number of imidazole rings is 1. The molecule has 0 unspecified atom stereocenters. The highest BCUT2D eigenvalue weighted by atomic mass is 32.2. The van der Waals surface area contributed by atoms with Gasteiger partial charge >= 0.3 is 0 Å². The van der Waals surface area contributed by atoms with Crippen molar-refractivity contribution in [1.82, 2.24) is 24.3 Å². The minimum atomic E-state index is -0.550. The topological polar surface area (TPSA) is 67.0 Å². The molecule has 0 N–H and O–H groups in total. The van der Waals surface area contributed by atoms with E-state index in [-0.39, 0.29) is 18.2 Å². The second-order valence-corrected chi connectivity index (χ2v) is 10.3. The van der Waals surface area contributed by atoms with Gasteiger partial charge in [0.05, 0.1) is 25.5 Å². The molecule has 7 nitrogen and oxygen atoms in total. The maximum Gasteiger partial charge on any atom is 0.195 e. The summed E-state index contributed by atoms with van der Waals surface area (Å²) in [7, 11) is 1.63. The summed E-state index contributed by atoms with van der Waals surface area (Å²) in [6, 6.07) is 18.8. The predicted octanol–water partition coefficient (Wildman–Crippen LogP) is 6.24. The van der Waals surface area contributed by atoms with Gasteiger partial charge in [0.15, 0.2) is 16.7 Å². The van der Waals surface area contributed by atoms with Crippen molar-refractivity contribution in [2.75, 3.05) is 19.5 Å². The van der Waals surface area contributed by atoms with Crippen LogP contribution in [0.25, 0.3) is 11.4 Å². The van der Waals surface area contributed by atoms with Crippen molar-refractivity contribution in [3.05, 3.63) is 108 Å². The highest BCUT2D eigenvalue weighted by Crippen LogP contribution is 2.35. The first-order valence-corrected chi connectivity index (χ1v) is 13.3. The molecular weight excluding hydrogens is 520 g/mol. The molecule has 5 rings (SSSR count). The van der Waals surface area contributed by atoms with Crippen LogP contribution >= 0.6 is 11.8 Å². The summed E-state index contributed by atoms with van der Waals surface area (Å²) in [6.07, 6.45) is 4.98. The van der Waals surface area contributed by atoms with Crippen molar-refractivity contribution in [3.8, 4) is 22.9 Å². The van der Waals surface area contributed by atoms with Crippen molar-refractivity contribution in [2.24, 2.45) is 0 Å². The van der Waals surface area contributed by atoms with Crippen LogP contribution in [0.4, 0.5) is 8.78 Å². The monoisotopic (exact) mass is 547 g/mol.